The van der Waals surface area contributed by atoms with Gasteiger partial charge in [-0.3, -0.25) is 0 Å². The molecule has 2 N–H and O–H groups in total. The highest BCUT2D eigenvalue weighted by atomic mass is 79.9. The molecule has 0 aliphatic carbocycles. The van der Waals surface area contributed by atoms with Crippen molar-refractivity contribution in [3.63, 3.8) is 0 Å². The summed E-state index contributed by atoms with van der Waals surface area (Å²) in [6.07, 6.45) is 0. The van der Waals surface area contributed by atoms with Crippen molar-refractivity contribution in [1.82, 2.24) is 0 Å². The molecule has 0 unspecified atom stereocenters. The molecule has 0 saturated carbocycles. The quantitative estimate of drug-likeness (QED) is 0.723. The molecule has 2 nitrogen and oxygen atoms in total. The van der Waals surface area contributed by atoms with E-state index in [1.807, 2.05) is 0 Å². The van der Waals surface area contributed by atoms with Gasteiger partial charge < -0.3 is 10.2 Å². The van der Waals surface area contributed by atoms with Gasteiger partial charge in [-0.25, -0.2) is 0 Å². The molecule has 1 aromatic rings. The first-order valence-electron chi connectivity index (χ1n) is 2.74. The van der Waals surface area contributed by atoms with Crippen molar-refractivity contribution in [3.8, 4) is 5.75 Å². The lowest BCUT2D eigenvalue weighted by molar-refractivity contribution is 0.281. The molecule has 0 aliphatic heterocycles. The summed E-state index contributed by atoms with van der Waals surface area (Å²) in [6.45, 7) is -0.0324. The van der Waals surface area contributed by atoms with E-state index >= 15 is 0 Å². The van der Waals surface area contributed by atoms with Gasteiger partial charge in [-0.05, 0) is 33.6 Å². The Kier molecular flexibility index (Phi) is 2.29. The van der Waals surface area contributed by atoms with Gasteiger partial charge in [0.1, 0.15) is 5.75 Å². The first kappa shape index (κ1) is 7.57. The van der Waals surface area contributed by atoms with Crippen molar-refractivity contribution in [3.05, 3.63) is 28.2 Å². The number of aromatic hydroxyl groups is 1. The Morgan fingerprint density at radius 3 is 2.80 bits per heavy atom. The maximum absolute atomic E-state index is 8.96. The van der Waals surface area contributed by atoms with Crippen molar-refractivity contribution >= 4 is 15.9 Å². The average molecular weight is 202 g/mol. The van der Waals surface area contributed by atoms with Crippen LogP contribution in [-0.2, 0) is 6.61 Å². The lowest BCUT2D eigenvalue weighted by Crippen LogP contribution is -1.81. The molecule has 3 heteroatoms. The molecular weight excluding hydrogens is 196 g/mol. The van der Waals surface area contributed by atoms with Crippen LogP contribution in [0.25, 0.3) is 0 Å². The normalized spacial score (nSPS) is 9.80. The minimum atomic E-state index is -0.0324. The van der Waals surface area contributed by atoms with Crippen LogP contribution in [-0.4, -0.2) is 10.2 Å². The summed E-state index contributed by atoms with van der Waals surface area (Å²) in [7, 11) is 0. The number of benzene rings is 1. The number of halogens is 1. The zero-order valence-electron chi connectivity index (χ0n) is 5.13. The molecule has 1 rings (SSSR count). The molecule has 0 aromatic heterocycles. The van der Waals surface area contributed by atoms with Crippen LogP contribution in [0.1, 0.15) is 5.56 Å². The summed E-state index contributed by atoms with van der Waals surface area (Å²) in [5.74, 6) is 0.0669. The van der Waals surface area contributed by atoms with Gasteiger partial charge in [0, 0.05) is 6.07 Å². The van der Waals surface area contributed by atoms with E-state index in [9.17, 15) is 0 Å². The van der Waals surface area contributed by atoms with Crippen molar-refractivity contribution in [2.24, 2.45) is 0 Å². The van der Waals surface area contributed by atoms with Crippen LogP contribution in [0.4, 0.5) is 0 Å². The smallest absolute Gasteiger partial charge is 0.137 e. The van der Waals surface area contributed by atoms with Crippen molar-refractivity contribution in [1.29, 1.82) is 0 Å². The van der Waals surface area contributed by atoms with E-state index in [1.54, 1.807) is 12.1 Å². The molecule has 0 aliphatic rings. The lowest BCUT2D eigenvalue weighted by Gasteiger charge is -1.97. The van der Waals surface area contributed by atoms with Gasteiger partial charge >= 0.3 is 0 Å². The third-order valence-electron chi connectivity index (χ3n) is 1.12. The van der Waals surface area contributed by atoms with Gasteiger partial charge in [-0.1, -0.05) is 0 Å². The van der Waals surface area contributed by atoms with Crippen LogP contribution in [0.2, 0.25) is 0 Å². The van der Waals surface area contributed by atoms with Crippen LogP contribution >= 0.6 is 15.9 Å². The minimum absolute atomic E-state index is 0.0324. The Hall–Kier alpha value is -0.540. The molecule has 0 heterocycles. The molecule has 0 saturated heterocycles. The Balaban J connectivity index is 3.04. The summed E-state index contributed by atoms with van der Waals surface area (Å²) >= 11 is 3.09. The van der Waals surface area contributed by atoms with Gasteiger partial charge in [0.2, 0.25) is 0 Å². The Morgan fingerprint density at radius 2 is 2.30 bits per heavy atom. The summed E-state index contributed by atoms with van der Waals surface area (Å²) in [5.41, 5.74) is 0.727. The van der Waals surface area contributed by atoms with Gasteiger partial charge in [0.25, 0.3) is 0 Å². The fraction of sp³-hybridized carbons (Fsp3) is 0.143. The number of rotatable bonds is 1. The third kappa shape index (κ3) is 1.49. The van der Waals surface area contributed by atoms with Crippen LogP contribution in [0.15, 0.2) is 16.6 Å². The first-order chi connectivity index (χ1) is 4.74. The Morgan fingerprint density at radius 1 is 1.60 bits per heavy atom. The Labute approximate surface area is 67.3 Å². The van der Waals surface area contributed by atoms with E-state index in [0.717, 1.165) is 5.56 Å². The van der Waals surface area contributed by atoms with Crippen molar-refractivity contribution < 1.29 is 10.2 Å². The molecule has 0 spiro atoms. The van der Waals surface area contributed by atoms with Gasteiger partial charge in [0.05, 0.1) is 11.1 Å². The monoisotopic (exact) mass is 201 g/mol. The highest BCUT2D eigenvalue weighted by Gasteiger charge is 1.97. The summed E-state index contributed by atoms with van der Waals surface area (Å²) in [5, 5.41) is 17.6. The van der Waals surface area contributed by atoms with Crippen LogP contribution in [0.3, 0.4) is 0 Å². The highest BCUT2D eigenvalue weighted by Crippen LogP contribution is 2.23. The molecule has 1 radical (unpaired) electrons. The van der Waals surface area contributed by atoms with Gasteiger partial charge in [-0.2, -0.15) is 0 Å². The second-order valence-electron chi connectivity index (χ2n) is 1.86. The largest absolute Gasteiger partial charge is 0.506 e. The van der Waals surface area contributed by atoms with Crippen LogP contribution in [0.5, 0.6) is 5.75 Å². The third-order valence-corrected chi connectivity index (χ3v) is 1.72. The molecule has 1 aromatic carbocycles. The predicted octanol–water partition coefficient (Wildman–Crippen LogP) is 1.45. The molecule has 10 heavy (non-hydrogen) atoms. The van der Waals surface area contributed by atoms with E-state index in [2.05, 4.69) is 22.0 Å². The zero-order valence-corrected chi connectivity index (χ0v) is 6.72. The highest BCUT2D eigenvalue weighted by molar-refractivity contribution is 9.10. The molecule has 0 bridgehead atoms. The predicted molar refractivity (Wildman–Crippen MR) is 40.6 cm³/mol. The standard InChI is InChI=1S/C7H6BrO2/c8-6-3-5(4-9)1-2-7(6)10/h1,3,9-10H,4H2. The fourth-order valence-electron chi connectivity index (χ4n) is 0.594. The Bertz CT molecular complexity index is 235. The van der Waals surface area contributed by atoms with Gasteiger partial charge in [0.15, 0.2) is 0 Å². The number of hydrogen-bond acceptors (Lipinski definition) is 2. The molecule has 0 amide bonds. The lowest BCUT2D eigenvalue weighted by atomic mass is 10.2. The SMILES string of the molecule is OCc1c[c]c(O)c(Br)c1. The van der Waals surface area contributed by atoms with E-state index in [4.69, 9.17) is 10.2 Å². The number of aliphatic hydroxyl groups is 1. The topological polar surface area (TPSA) is 40.5 Å². The summed E-state index contributed by atoms with van der Waals surface area (Å²) in [4.78, 5) is 0. The number of hydrogen-bond donors (Lipinski definition) is 2. The maximum atomic E-state index is 8.96. The van der Waals surface area contributed by atoms with Crippen molar-refractivity contribution in [2.75, 3.05) is 0 Å². The molecular formula is C7H6BrO2. The summed E-state index contributed by atoms with van der Waals surface area (Å²) in [6, 6.07) is 5.75. The number of aliphatic hydroxyl groups excluding tert-OH is 1. The summed E-state index contributed by atoms with van der Waals surface area (Å²) < 4.78 is 0.555. The number of phenolic OH excluding ortho intramolecular Hbond substituents is 1. The van der Waals surface area contributed by atoms with Crippen LogP contribution in [0, 0.1) is 6.07 Å². The maximum Gasteiger partial charge on any atom is 0.137 e. The van der Waals surface area contributed by atoms with E-state index < -0.39 is 0 Å². The second-order valence-corrected chi connectivity index (χ2v) is 2.72. The van der Waals surface area contributed by atoms with Crippen molar-refractivity contribution in [2.45, 2.75) is 6.61 Å². The van der Waals surface area contributed by atoms with E-state index in [-0.39, 0.29) is 12.4 Å². The van der Waals surface area contributed by atoms with Gasteiger partial charge in [-0.15, -0.1) is 0 Å². The molecule has 53 valence electrons. The number of phenols is 1. The first-order valence-corrected chi connectivity index (χ1v) is 3.53. The second kappa shape index (κ2) is 3.03. The van der Waals surface area contributed by atoms with Crippen LogP contribution < -0.4 is 0 Å². The molecule has 0 atom stereocenters. The minimum Gasteiger partial charge on any atom is -0.506 e. The van der Waals surface area contributed by atoms with E-state index in [0.29, 0.717) is 4.47 Å². The zero-order chi connectivity index (χ0) is 7.56. The van der Waals surface area contributed by atoms with E-state index in [1.165, 1.54) is 0 Å². The fourth-order valence-corrected chi connectivity index (χ4v) is 1.00. The average Bonchev–Trinajstić information content (AvgIpc) is 1.95. The molecule has 0 fully saturated rings.